The van der Waals surface area contributed by atoms with Gasteiger partial charge in [-0.2, -0.15) is 0 Å². The molecular formula is C14H18N2O4. The summed E-state index contributed by atoms with van der Waals surface area (Å²) in [4.78, 5) is 21.2. The van der Waals surface area contributed by atoms with Crippen molar-refractivity contribution < 1.29 is 14.8 Å². The lowest BCUT2D eigenvalue weighted by Crippen LogP contribution is -2.30. The Labute approximate surface area is 117 Å². The van der Waals surface area contributed by atoms with E-state index in [0.717, 1.165) is 25.7 Å². The van der Waals surface area contributed by atoms with Gasteiger partial charge in [0.15, 0.2) is 0 Å². The summed E-state index contributed by atoms with van der Waals surface area (Å²) < 4.78 is 0. The molecule has 1 aromatic rings. The fourth-order valence-electron chi connectivity index (χ4n) is 2.72. The SMILES string of the molecule is O=Cc1ccc(NCC2(CO)CCCC2)c([N+](=O)[O-])c1. The zero-order valence-corrected chi connectivity index (χ0v) is 11.2. The van der Waals surface area contributed by atoms with Gasteiger partial charge >= 0.3 is 0 Å². The summed E-state index contributed by atoms with van der Waals surface area (Å²) in [5.74, 6) is 0. The second-order valence-corrected chi connectivity index (χ2v) is 5.37. The Morgan fingerprint density at radius 1 is 1.40 bits per heavy atom. The number of nitro groups is 1. The normalized spacial score (nSPS) is 16.9. The maximum atomic E-state index is 11.0. The van der Waals surface area contributed by atoms with Crippen LogP contribution in [0, 0.1) is 15.5 Å². The van der Waals surface area contributed by atoms with E-state index in [4.69, 9.17) is 0 Å². The van der Waals surface area contributed by atoms with E-state index >= 15 is 0 Å². The number of aliphatic hydroxyl groups excluding tert-OH is 1. The van der Waals surface area contributed by atoms with E-state index in [1.54, 1.807) is 12.1 Å². The highest BCUT2D eigenvalue weighted by Gasteiger charge is 2.33. The number of carbonyl (C=O) groups is 1. The number of hydrogen-bond donors (Lipinski definition) is 2. The Hall–Kier alpha value is -1.95. The number of aldehydes is 1. The summed E-state index contributed by atoms with van der Waals surface area (Å²) >= 11 is 0. The molecule has 1 fully saturated rings. The zero-order chi connectivity index (χ0) is 14.6. The van der Waals surface area contributed by atoms with Crippen molar-refractivity contribution in [1.29, 1.82) is 0 Å². The number of rotatable bonds is 6. The highest BCUT2D eigenvalue weighted by atomic mass is 16.6. The molecule has 6 nitrogen and oxygen atoms in total. The molecule has 0 aromatic heterocycles. The minimum Gasteiger partial charge on any atom is -0.396 e. The van der Waals surface area contributed by atoms with Gasteiger partial charge in [-0.25, -0.2) is 0 Å². The molecule has 1 aliphatic rings. The first-order valence-corrected chi connectivity index (χ1v) is 6.69. The molecule has 2 rings (SSSR count). The van der Waals surface area contributed by atoms with Crippen molar-refractivity contribution >= 4 is 17.7 Å². The number of carbonyl (C=O) groups excluding carboxylic acids is 1. The van der Waals surface area contributed by atoms with E-state index in [0.29, 0.717) is 18.5 Å². The number of nitrogens with one attached hydrogen (secondary N) is 1. The minimum atomic E-state index is -0.504. The van der Waals surface area contributed by atoms with E-state index in [-0.39, 0.29) is 23.3 Å². The van der Waals surface area contributed by atoms with Crippen LogP contribution in [0.15, 0.2) is 18.2 Å². The monoisotopic (exact) mass is 278 g/mol. The third-order valence-electron chi connectivity index (χ3n) is 4.01. The Balaban J connectivity index is 2.16. The van der Waals surface area contributed by atoms with E-state index in [2.05, 4.69) is 5.32 Å². The standard InChI is InChI=1S/C14H18N2O4/c17-8-11-3-4-12(13(7-11)16(19)20)15-9-14(10-18)5-1-2-6-14/h3-4,7-8,15,18H,1-2,5-6,9-10H2. The molecule has 20 heavy (non-hydrogen) atoms. The number of nitrogens with zero attached hydrogens (tertiary/aromatic N) is 1. The van der Waals surface area contributed by atoms with Crippen molar-refractivity contribution in [3.63, 3.8) is 0 Å². The van der Waals surface area contributed by atoms with Gasteiger partial charge in [-0.1, -0.05) is 12.8 Å². The van der Waals surface area contributed by atoms with Gasteiger partial charge in [0.25, 0.3) is 5.69 Å². The lowest BCUT2D eigenvalue weighted by molar-refractivity contribution is -0.384. The minimum absolute atomic E-state index is 0.0836. The van der Waals surface area contributed by atoms with Crippen LogP contribution in [0.3, 0.4) is 0 Å². The first kappa shape index (κ1) is 14.5. The third-order valence-corrected chi connectivity index (χ3v) is 4.01. The average molecular weight is 278 g/mol. The van der Waals surface area contributed by atoms with Gasteiger partial charge in [0.05, 0.1) is 11.5 Å². The van der Waals surface area contributed by atoms with Gasteiger partial charge in [-0.05, 0) is 25.0 Å². The molecule has 0 heterocycles. The Kier molecular flexibility index (Phi) is 4.34. The van der Waals surface area contributed by atoms with Crippen LogP contribution in [0.25, 0.3) is 0 Å². The first-order valence-electron chi connectivity index (χ1n) is 6.69. The zero-order valence-electron chi connectivity index (χ0n) is 11.2. The molecular weight excluding hydrogens is 260 g/mol. The summed E-state index contributed by atoms with van der Waals surface area (Å²) in [5, 5.41) is 23.6. The molecule has 0 unspecified atom stereocenters. The van der Waals surface area contributed by atoms with Crippen molar-refractivity contribution in [2.75, 3.05) is 18.5 Å². The second-order valence-electron chi connectivity index (χ2n) is 5.37. The van der Waals surface area contributed by atoms with Crippen molar-refractivity contribution in [2.45, 2.75) is 25.7 Å². The van der Waals surface area contributed by atoms with Gasteiger partial charge in [0.1, 0.15) is 12.0 Å². The quantitative estimate of drug-likeness (QED) is 0.473. The van der Waals surface area contributed by atoms with Crippen molar-refractivity contribution in [2.24, 2.45) is 5.41 Å². The van der Waals surface area contributed by atoms with Crippen LogP contribution in [0.5, 0.6) is 0 Å². The molecule has 0 aliphatic heterocycles. The van der Waals surface area contributed by atoms with Gasteiger partial charge in [0, 0.05) is 23.6 Å². The summed E-state index contributed by atoms with van der Waals surface area (Å²) in [6.45, 7) is 0.588. The molecule has 108 valence electrons. The highest BCUT2D eigenvalue weighted by Crippen LogP contribution is 2.38. The maximum absolute atomic E-state index is 11.0. The predicted octanol–water partition coefficient (Wildman–Crippen LogP) is 2.37. The van der Waals surface area contributed by atoms with Gasteiger partial charge in [-0.15, -0.1) is 0 Å². The molecule has 0 bridgehead atoms. The summed E-state index contributed by atoms with van der Waals surface area (Å²) in [7, 11) is 0. The number of benzene rings is 1. The molecule has 1 aromatic carbocycles. The van der Waals surface area contributed by atoms with E-state index < -0.39 is 4.92 Å². The third kappa shape index (κ3) is 2.96. The molecule has 0 radical (unpaired) electrons. The van der Waals surface area contributed by atoms with Crippen LogP contribution in [-0.2, 0) is 0 Å². The Morgan fingerprint density at radius 2 is 2.10 bits per heavy atom. The van der Waals surface area contributed by atoms with Crippen LogP contribution in [0.2, 0.25) is 0 Å². The average Bonchev–Trinajstić information content (AvgIpc) is 2.94. The van der Waals surface area contributed by atoms with Gasteiger partial charge in [0.2, 0.25) is 0 Å². The van der Waals surface area contributed by atoms with Crippen LogP contribution < -0.4 is 5.32 Å². The maximum Gasteiger partial charge on any atom is 0.293 e. The molecule has 0 amide bonds. The van der Waals surface area contributed by atoms with Crippen LogP contribution in [-0.4, -0.2) is 29.5 Å². The molecule has 1 aliphatic carbocycles. The smallest absolute Gasteiger partial charge is 0.293 e. The predicted molar refractivity (Wildman–Crippen MR) is 75.0 cm³/mol. The van der Waals surface area contributed by atoms with Gasteiger partial charge < -0.3 is 10.4 Å². The number of nitro benzene ring substituents is 1. The second kappa shape index (κ2) is 6.00. The molecule has 0 spiro atoms. The van der Waals surface area contributed by atoms with Crippen LogP contribution in [0.1, 0.15) is 36.0 Å². The van der Waals surface area contributed by atoms with E-state index in [1.165, 1.54) is 6.07 Å². The van der Waals surface area contributed by atoms with Gasteiger partial charge in [-0.3, -0.25) is 14.9 Å². The van der Waals surface area contributed by atoms with Crippen molar-refractivity contribution in [3.8, 4) is 0 Å². The van der Waals surface area contributed by atoms with Crippen LogP contribution in [0.4, 0.5) is 11.4 Å². The molecule has 0 saturated heterocycles. The number of hydrogen-bond acceptors (Lipinski definition) is 5. The molecule has 1 saturated carbocycles. The van der Waals surface area contributed by atoms with E-state index in [1.807, 2.05) is 0 Å². The molecule has 6 heteroatoms. The number of anilines is 1. The Bertz CT molecular complexity index is 510. The summed E-state index contributed by atoms with van der Waals surface area (Å²) in [5.41, 5.74) is 0.373. The molecule has 2 N–H and O–H groups in total. The lowest BCUT2D eigenvalue weighted by atomic mass is 9.87. The number of aliphatic hydroxyl groups is 1. The van der Waals surface area contributed by atoms with Crippen LogP contribution >= 0.6 is 0 Å². The van der Waals surface area contributed by atoms with E-state index in [9.17, 15) is 20.0 Å². The lowest BCUT2D eigenvalue weighted by Gasteiger charge is -2.27. The topological polar surface area (TPSA) is 92.5 Å². The fraction of sp³-hybridized carbons (Fsp3) is 0.500. The largest absolute Gasteiger partial charge is 0.396 e. The first-order chi connectivity index (χ1) is 9.60. The van der Waals surface area contributed by atoms with Crippen molar-refractivity contribution in [3.05, 3.63) is 33.9 Å². The Morgan fingerprint density at radius 3 is 2.65 bits per heavy atom. The van der Waals surface area contributed by atoms with Crippen molar-refractivity contribution in [1.82, 2.24) is 0 Å². The highest BCUT2D eigenvalue weighted by molar-refractivity contribution is 5.79. The summed E-state index contributed by atoms with van der Waals surface area (Å²) in [6, 6.07) is 4.35. The fourth-order valence-corrected chi connectivity index (χ4v) is 2.72. The summed E-state index contributed by atoms with van der Waals surface area (Å²) in [6.07, 6.45) is 4.60. The molecule has 0 atom stereocenters.